The van der Waals surface area contributed by atoms with E-state index in [2.05, 4.69) is 0 Å². The Morgan fingerprint density at radius 2 is 1.48 bits per heavy atom. The molecule has 0 spiro atoms. The van der Waals surface area contributed by atoms with Gasteiger partial charge in [0.1, 0.15) is 0 Å². The van der Waals surface area contributed by atoms with E-state index >= 15 is 0 Å². The Balaban J connectivity index is 2.24. The number of hydrogen-bond donors (Lipinski definition) is 2. The predicted molar refractivity (Wildman–Crippen MR) is 74.6 cm³/mol. The SMILES string of the molecule is NCC(c1ccccc1)C(O)c1ccc(C(F)(F)F)cc1. The fourth-order valence-electron chi connectivity index (χ4n) is 2.25. The van der Waals surface area contributed by atoms with Crippen molar-refractivity contribution in [1.82, 2.24) is 0 Å². The van der Waals surface area contributed by atoms with E-state index in [1.54, 1.807) is 0 Å². The van der Waals surface area contributed by atoms with E-state index in [4.69, 9.17) is 5.73 Å². The van der Waals surface area contributed by atoms with Crippen LogP contribution in [0.3, 0.4) is 0 Å². The van der Waals surface area contributed by atoms with E-state index in [1.807, 2.05) is 30.3 Å². The highest BCUT2D eigenvalue weighted by atomic mass is 19.4. The third-order valence-corrected chi connectivity index (χ3v) is 3.44. The highest BCUT2D eigenvalue weighted by molar-refractivity contribution is 5.30. The topological polar surface area (TPSA) is 46.2 Å². The lowest BCUT2D eigenvalue weighted by atomic mass is 9.89. The van der Waals surface area contributed by atoms with Gasteiger partial charge in [0.2, 0.25) is 0 Å². The van der Waals surface area contributed by atoms with Crippen LogP contribution in [-0.4, -0.2) is 11.7 Å². The zero-order valence-electron chi connectivity index (χ0n) is 11.2. The van der Waals surface area contributed by atoms with Crippen LogP contribution in [0.1, 0.15) is 28.7 Å². The Hall–Kier alpha value is -1.85. The summed E-state index contributed by atoms with van der Waals surface area (Å²) in [5, 5.41) is 10.4. The van der Waals surface area contributed by atoms with Gasteiger partial charge in [-0.25, -0.2) is 0 Å². The number of aliphatic hydroxyl groups excluding tert-OH is 1. The summed E-state index contributed by atoms with van der Waals surface area (Å²) in [7, 11) is 0. The van der Waals surface area contributed by atoms with E-state index in [9.17, 15) is 18.3 Å². The van der Waals surface area contributed by atoms with Gasteiger partial charge in [-0.2, -0.15) is 13.2 Å². The molecule has 0 aliphatic carbocycles. The second-order valence-electron chi connectivity index (χ2n) is 4.82. The summed E-state index contributed by atoms with van der Waals surface area (Å²) in [4.78, 5) is 0. The van der Waals surface area contributed by atoms with E-state index < -0.39 is 17.8 Å². The maximum absolute atomic E-state index is 12.5. The molecular weight excluding hydrogens is 279 g/mol. The summed E-state index contributed by atoms with van der Waals surface area (Å²) in [5.41, 5.74) is 6.24. The summed E-state index contributed by atoms with van der Waals surface area (Å²) in [5.74, 6) is -0.358. The smallest absolute Gasteiger partial charge is 0.388 e. The molecule has 2 rings (SSSR count). The molecule has 0 aromatic heterocycles. The Kier molecular flexibility index (Phi) is 4.65. The van der Waals surface area contributed by atoms with Crippen molar-refractivity contribution in [3.05, 3.63) is 71.3 Å². The summed E-state index contributed by atoms with van der Waals surface area (Å²) >= 11 is 0. The van der Waals surface area contributed by atoms with Crippen molar-refractivity contribution in [1.29, 1.82) is 0 Å². The molecule has 0 aliphatic rings. The van der Waals surface area contributed by atoms with Crippen LogP contribution in [0, 0.1) is 0 Å². The van der Waals surface area contributed by atoms with Gasteiger partial charge in [0.15, 0.2) is 0 Å². The van der Waals surface area contributed by atoms with Crippen LogP contribution in [-0.2, 0) is 6.18 Å². The van der Waals surface area contributed by atoms with Gasteiger partial charge in [0.05, 0.1) is 11.7 Å². The van der Waals surface area contributed by atoms with Crippen molar-refractivity contribution < 1.29 is 18.3 Å². The van der Waals surface area contributed by atoms with E-state index in [0.717, 1.165) is 17.7 Å². The number of benzene rings is 2. The fourth-order valence-corrected chi connectivity index (χ4v) is 2.25. The number of rotatable bonds is 4. The fraction of sp³-hybridized carbons (Fsp3) is 0.250. The van der Waals surface area contributed by atoms with Crippen LogP contribution in [0.4, 0.5) is 13.2 Å². The van der Waals surface area contributed by atoms with Crippen molar-refractivity contribution in [3.8, 4) is 0 Å². The average molecular weight is 295 g/mol. The molecule has 2 aromatic carbocycles. The summed E-state index contributed by atoms with van der Waals surface area (Å²) in [6.07, 6.45) is -5.32. The minimum absolute atomic E-state index is 0.201. The monoisotopic (exact) mass is 295 g/mol. The highest BCUT2D eigenvalue weighted by Gasteiger charge is 2.30. The molecule has 2 unspecified atom stereocenters. The van der Waals surface area contributed by atoms with Crippen LogP contribution < -0.4 is 5.73 Å². The number of aliphatic hydroxyl groups is 1. The third-order valence-electron chi connectivity index (χ3n) is 3.44. The Labute approximate surface area is 121 Å². The standard InChI is InChI=1S/C16H16F3NO/c17-16(18,19)13-8-6-12(7-9-13)15(21)14(10-20)11-4-2-1-3-5-11/h1-9,14-15,21H,10,20H2. The zero-order chi connectivity index (χ0) is 15.5. The van der Waals surface area contributed by atoms with Gasteiger partial charge >= 0.3 is 6.18 Å². The van der Waals surface area contributed by atoms with Crippen LogP contribution in [0.25, 0.3) is 0 Å². The molecule has 3 N–H and O–H groups in total. The maximum atomic E-state index is 12.5. The van der Waals surface area contributed by atoms with Crippen molar-refractivity contribution >= 4 is 0 Å². The van der Waals surface area contributed by atoms with Crippen molar-refractivity contribution in [2.75, 3.05) is 6.54 Å². The normalized spacial score (nSPS) is 14.7. The Morgan fingerprint density at radius 1 is 0.905 bits per heavy atom. The van der Waals surface area contributed by atoms with Gasteiger partial charge in [-0.05, 0) is 23.3 Å². The second-order valence-corrected chi connectivity index (χ2v) is 4.82. The van der Waals surface area contributed by atoms with Gasteiger partial charge in [-0.15, -0.1) is 0 Å². The summed E-state index contributed by atoms with van der Waals surface area (Å²) < 4.78 is 37.6. The molecule has 0 saturated heterocycles. The van der Waals surface area contributed by atoms with Crippen LogP contribution in [0.5, 0.6) is 0 Å². The number of alkyl halides is 3. The minimum atomic E-state index is -4.38. The lowest BCUT2D eigenvalue weighted by molar-refractivity contribution is -0.137. The molecule has 2 nitrogen and oxygen atoms in total. The molecule has 2 aromatic rings. The molecule has 5 heteroatoms. The molecule has 0 bridgehead atoms. The lowest BCUT2D eigenvalue weighted by Crippen LogP contribution is -2.20. The average Bonchev–Trinajstić information content (AvgIpc) is 2.48. The first-order valence-corrected chi connectivity index (χ1v) is 6.53. The van der Waals surface area contributed by atoms with Crippen LogP contribution >= 0.6 is 0 Å². The molecule has 2 atom stereocenters. The summed E-state index contributed by atoms with van der Waals surface area (Å²) in [6.45, 7) is 0.201. The van der Waals surface area contributed by atoms with Gasteiger partial charge in [0, 0.05) is 12.5 Å². The number of halogens is 3. The first-order chi connectivity index (χ1) is 9.93. The molecule has 0 amide bonds. The van der Waals surface area contributed by atoms with Crippen LogP contribution in [0.2, 0.25) is 0 Å². The van der Waals surface area contributed by atoms with Gasteiger partial charge in [-0.1, -0.05) is 42.5 Å². The Morgan fingerprint density at radius 3 is 1.95 bits per heavy atom. The zero-order valence-corrected chi connectivity index (χ0v) is 11.2. The first kappa shape index (κ1) is 15.5. The summed E-state index contributed by atoms with van der Waals surface area (Å²) in [6, 6.07) is 13.7. The molecule has 0 aliphatic heterocycles. The quantitative estimate of drug-likeness (QED) is 0.907. The van der Waals surface area contributed by atoms with Crippen molar-refractivity contribution in [3.63, 3.8) is 0 Å². The second kappa shape index (κ2) is 6.28. The largest absolute Gasteiger partial charge is 0.416 e. The first-order valence-electron chi connectivity index (χ1n) is 6.53. The molecule has 0 fully saturated rings. The van der Waals surface area contributed by atoms with E-state index in [0.29, 0.717) is 5.56 Å². The lowest BCUT2D eigenvalue weighted by Gasteiger charge is -2.22. The van der Waals surface area contributed by atoms with Crippen molar-refractivity contribution in [2.24, 2.45) is 5.73 Å². The number of hydrogen-bond acceptors (Lipinski definition) is 2. The highest BCUT2D eigenvalue weighted by Crippen LogP contribution is 2.33. The molecule has 0 saturated carbocycles. The minimum Gasteiger partial charge on any atom is -0.388 e. The van der Waals surface area contributed by atoms with Crippen molar-refractivity contribution in [2.45, 2.75) is 18.2 Å². The third kappa shape index (κ3) is 3.62. The maximum Gasteiger partial charge on any atom is 0.416 e. The molecule has 0 radical (unpaired) electrons. The van der Waals surface area contributed by atoms with Gasteiger partial charge in [-0.3, -0.25) is 0 Å². The molecular formula is C16H16F3NO. The molecule has 0 heterocycles. The van der Waals surface area contributed by atoms with E-state index in [-0.39, 0.29) is 12.5 Å². The molecule has 112 valence electrons. The van der Waals surface area contributed by atoms with E-state index in [1.165, 1.54) is 12.1 Å². The van der Waals surface area contributed by atoms with Crippen LogP contribution in [0.15, 0.2) is 54.6 Å². The molecule has 21 heavy (non-hydrogen) atoms. The number of nitrogens with two attached hydrogens (primary N) is 1. The Bertz CT molecular complexity index is 566. The van der Waals surface area contributed by atoms with Gasteiger partial charge in [0.25, 0.3) is 0 Å². The van der Waals surface area contributed by atoms with Gasteiger partial charge < -0.3 is 10.8 Å². The predicted octanol–water partition coefficient (Wildman–Crippen LogP) is 3.48.